The highest BCUT2D eigenvalue weighted by Gasteiger charge is 2.23. The normalized spacial score (nSPS) is 17.9. The van der Waals surface area contributed by atoms with E-state index in [9.17, 15) is 0 Å². The molecule has 0 saturated carbocycles. The van der Waals surface area contributed by atoms with Gasteiger partial charge in [0, 0.05) is 4.88 Å². The lowest BCUT2D eigenvalue weighted by Gasteiger charge is -2.25. The molecule has 1 N–H and O–H groups in total. The van der Waals surface area contributed by atoms with E-state index in [1.54, 1.807) is 7.11 Å². The fourth-order valence-corrected chi connectivity index (χ4v) is 4.44. The molecule has 0 bridgehead atoms. The van der Waals surface area contributed by atoms with Crippen molar-refractivity contribution in [3.05, 3.63) is 44.6 Å². The van der Waals surface area contributed by atoms with Gasteiger partial charge >= 0.3 is 0 Å². The van der Waals surface area contributed by atoms with Crippen LogP contribution in [0.25, 0.3) is 0 Å². The summed E-state index contributed by atoms with van der Waals surface area (Å²) in [5.74, 6) is 0.906. The second-order valence-electron chi connectivity index (χ2n) is 4.72. The largest absolute Gasteiger partial charge is 0.495 e. The van der Waals surface area contributed by atoms with Crippen LogP contribution in [0.3, 0.4) is 0 Å². The maximum Gasteiger partial charge on any atom is 0.141 e. The molecule has 2 nitrogen and oxygen atoms in total. The van der Waals surface area contributed by atoms with Gasteiger partial charge in [-0.25, -0.2) is 0 Å². The van der Waals surface area contributed by atoms with Crippen LogP contribution in [0.5, 0.6) is 5.75 Å². The Morgan fingerprint density at radius 1 is 1.37 bits per heavy atom. The third-order valence-corrected chi connectivity index (χ3v) is 5.23. The molecule has 1 aliphatic carbocycles. The number of anilines is 1. The van der Waals surface area contributed by atoms with Crippen LogP contribution in [0.15, 0.2) is 34.1 Å². The minimum absolute atomic E-state index is 0.391. The quantitative estimate of drug-likeness (QED) is 0.849. The first-order chi connectivity index (χ1) is 9.28. The van der Waals surface area contributed by atoms with Crippen molar-refractivity contribution in [2.75, 3.05) is 12.4 Å². The number of benzene rings is 1. The van der Waals surface area contributed by atoms with Crippen molar-refractivity contribution in [2.45, 2.75) is 25.3 Å². The van der Waals surface area contributed by atoms with Crippen LogP contribution < -0.4 is 10.1 Å². The number of hydrogen-bond acceptors (Lipinski definition) is 3. The summed E-state index contributed by atoms with van der Waals surface area (Å²) in [5, 5.41) is 3.63. The molecule has 1 unspecified atom stereocenters. The van der Waals surface area contributed by atoms with Crippen molar-refractivity contribution in [2.24, 2.45) is 0 Å². The summed E-state index contributed by atoms with van der Waals surface area (Å²) in [6.07, 6.45) is 3.62. The lowest BCUT2D eigenvalue weighted by atomic mass is 9.94. The van der Waals surface area contributed by atoms with Gasteiger partial charge in [-0.05, 0) is 59.0 Å². The van der Waals surface area contributed by atoms with Crippen LogP contribution in [0, 0.1) is 0 Å². The average Bonchev–Trinajstić information content (AvgIpc) is 2.81. The molecule has 4 heteroatoms. The molecule has 1 aromatic heterocycles. The Morgan fingerprint density at radius 2 is 2.21 bits per heavy atom. The van der Waals surface area contributed by atoms with Crippen molar-refractivity contribution >= 4 is 33.0 Å². The van der Waals surface area contributed by atoms with Crippen LogP contribution in [0.1, 0.15) is 29.3 Å². The number of methoxy groups -OCH3 is 1. The maximum atomic E-state index is 5.41. The number of rotatable bonds is 3. The molecule has 0 radical (unpaired) electrons. The minimum atomic E-state index is 0.391. The topological polar surface area (TPSA) is 21.3 Å². The Kier molecular flexibility index (Phi) is 3.80. The second kappa shape index (κ2) is 5.55. The van der Waals surface area contributed by atoms with E-state index in [1.807, 2.05) is 29.5 Å². The van der Waals surface area contributed by atoms with Crippen LogP contribution in [0.2, 0.25) is 0 Å². The summed E-state index contributed by atoms with van der Waals surface area (Å²) < 4.78 is 6.64. The van der Waals surface area contributed by atoms with Gasteiger partial charge in [0.05, 0.1) is 22.6 Å². The fourth-order valence-electron chi connectivity index (χ4n) is 2.62. The summed E-state index contributed by atoms with van der Waals surface area (Å²) in [5.41, 5.74) is 2.51. The Morgan fingerprint density at radius 3 is 3.05 bits per heavy atom. The zero-order chi connectivity index (χ0) is 13.2. The van der Waals surface area contributed by atoms with E-state index < -0.39 is 0 Å². The molecule has 3 rings (SSSR count). The molecule has 1 heterocycles. The predicted molar refractivity (Wildman–Crippen MR) is 84.3 cm³/mol. The summed E-state index contributed by atoms with van der Waals surface area (Å²) in [7, 11) is 1.72. The third-order valence-electron chi connectivity index (χ3n) is 3.52. The van der Waals surface area contributed by atoms with Crippen molar-refractivity contribution in [1.82, 2.24) is 0 Å². The van der Waals surface area contributed by atoms with Gasteiger partial charge in [-0.3, -0.25) is 0 Å². The molecule has 0 spiro atoms. The van der Waals surface area contributed by atoms with Gasteiger partial charge in [0.1, 0.15) is 5.75 Å². The molecular weight excluding hydrogens is 322 g/mol. The zero-order valence-corrected chi connectivity index (χ0v) is 13.2. The Labute approximate surface area is 125 Å². The summed E-state index contributed by atoms with van der Waals surface area (Å²) in [6, 6.07) is 10.8. The fraction of sp³-hybridized carbons (Fsp3) is 0.333. The van der Waals surface area contributed by atoms with Crippen molar-refractivity contribution in [3.8, 4) is 5.75 Å². The van der Waals surface area contributed by atoms with Gasteiger partial charge in [0.15, 0.2) is 0 Å². The van der Waals surface area contributed by atoms with Crippen molar-refractivity contribution in [3.63, 3.8) is 0 Å². The van der Waals surface area contributed by atoms with E-state index in [4.69, 9.17) is 4.74 Å². The molecule has 19 heavy (non-hydrogen) atoms. The van der Waals surface area contributed by atoms with E-state index in [-0.39, 0.29) is 0 Å². The van der Waals surface area contributed by atoms with Gasteiger partial charge in [-0.2, -0.15) is 0 Å². The Balaban J connectivity index is 1.88. The molecule has 0 aliphatic heterocycles. The number of halogens is 1. The van der Waals surface area contributed by atoms with Gasteiger partial charge < -0.3 is 10.1 Å². The monoisotopic (exact) mass is 337 g/mol. The first-order valence-corrected chi connectivity index (χ1v) is 8.06. The number of nitrogens with one attached hydrogen (secondary N) is 1. The number of aryl methyl sites for hydroxylation is 1. The average molecular weight is 338 g/mol. The maximum absolute atomic E-state index is 5.41. The molecule has 0 saturated heterocycles. The van der Waals surface area contributed by atoms with Crippen LogP contribution in [-0.2, 0) is 6.42 Å². The van der Waals surface area contributed by atoms with Gasteiger partial charge in [0.2, 0.25) is 0 Å². The van der Waals surface area contributed by atoms with E-state index in [2.05, 4.69) is 33.4 Å². The highest BCUT2D eigenvalue weighted by atomic mass is 79.9. The predicted octanol–water partition coefficient (Wildman–Crippen LogP) is 5.01. The van der Waals surface area contributed by atoms with Crippen LogP contribution in [0.4, 0.5) is 5.69 Å². The first kappa shape index (κ1) is 13.0. The number of para-hydroxylation sites is 2. The molecule has 2 aromatic rings. The number of thiophene rings is 1. The van der Waals surface area contributed by atoms with E-state index in [0.717, 1.165) is 11.4 Å². The van der Waals surface area contributed by atoms with E-state index in [0.29, 0.717) is 6.04 Å². The lowest BCUT2D eigenvalue weighted by molar-refractivity contribution is 0.415. The van der Waals surface area contributed by atoms with Gasteiger partial charge in [-0.15, -0.1) is 11.3 Å². The van der Waals surface area contributed by atoms with Gasteiger partial charge in [0.25, 0.3) is 0 Å². The highest BCUT2D eigenvalue weighted by Crippen LogP contribution is 2.40. The Hall–Kier alpha value is -1.00. The minimum Gasteiger partial charge on any atom is -0.495 e. The zero-order valence-electron chi connectivity index (χ0n) is 10.8. The lowest BCUT2D eigenvalue weighted by Crippen LogP contribution is -2.16. The van der Waals surface area contributed by atoms with Crippen molar-refractivity contribution < 1.29 is 4.74 Å². The molecule has 0 amide bonds. The van der Waals surface area contributed by atoms with E-state index in [1.165, 1.54) is 33.5 Å². The summed E-state index contributed by atoms with van der Waals surface area (Å²) in [4.78, 5) is 1.51. The number of fused-ring (bicyclic) bond motifs is 1. The third kappa shape index (κ3) is 2.65. The number of hydrogen-bond donors (Lipinski definition) is 1. The summed E-state index contributed by atoms with van der Waals surface area (Å²) in [6.45, 7) is 0. The SMILES string of the molecule is COc1ccccc1NC1CCCc2sc(Br)cc21. The molecule has 100 valence electrons. The standard InChI is InChI=1S/C15H16BrNOS/c1-18-13-7-3-2-5-12(13)17-11-6-4-8-14-10(11)9-15(16)19-14/h2-3,5,7,9,11,17H,4,6,8H2,1H3. The first-order valence-electron chi connectivity index (χ1n) is 6.45. The Bertz CT molecular complexity index is 581. The summed E-state index contributed by atoms with van der Waals surface area (Å²) >= 11 is 5.46. The second-order valence-corrected chi connectivity index (χ2v) is 7.23. The molecule has 1 atom stereocenters. The molecule has 1 aromatic carbocycles. The molecular formula is C15H16BrNOS. The number of ether oxygens (including phenoxy) is 1. The van der Waals surface area contributed by atoms with Crippen molar-refractivity contribution in [1.29, 1.82) is 0 Å². The highest BCUT2D eigenvalue weighted by molar-refractivity contribution is 9.11. The van der Waals surface area contributed by atoms with Crippen LogP contribution in [-0.4, -0.2) is 7.11 Å². The smallest absolute Gasteiger partial charge is 0.141 e. The van der Waals surface area contributed by atoms with Gasteiger partial charge in [-0.1, -0.05) is 12.1 Å². The van der Waals surface area contributed by atoms with Crippen LogP contribution >= 0.6 is 27.3 Å². The van der Waals surface area contributed by atoms with E-state index >= 15 is 0 Å². The molecule has 0 fully saturated rings. The molecule has 1 aliphatic rings.